The molecule has 5 rings (SSSR count). The van der Waals surface area contributed by atoms with Gasteiger partial charge in [-0.05, 0) is 29.1 Å². The molecule has 0 atom stereocenters. The van der Waals surface area contributed by atoms with Gasteiger partial charge in [0.15, 0.2) is 16.6 Å². The van der Waals surface area contributed by atoms with Crippen LogP contribution in [-0.4, -0.2) is 17.7 Å². The third kappa shape index (κ3) is 2.64. The van der Waals surface area contributed by atoms with E-state index in [2.05, 4.69) is 28.5 Å². The number of nitrogens with zero attached hydrogens (tertiary/aromatic N) is 1. The fourth-order valence-corrected chi connectivity index (χ4v) is 4.13. The zero-order chi connectivity index (χ0) is 17.5. The van der Waals surface area contributed by atoms with Gasteiger partial charge < -0.3 is 14.8 Å². The monoisotopic (exact) mass is 362 g/mol. The number of amides is 1. The maximum Gasteiger partial charge on any atom is 0.231 e. The first-order chi connectivity index (χ1) is 12.8. The SMILES string of the molecule is O=C(Cc1ccc2c(c1)OCO2)Nc1nc2ccc3ccccc3c2s1. The third-order valence-corrected chi connectivity index (χ3v) is 5.35. The number of carbonyl (C=O) groups is 1. The number of benzene rings is 3. The van der Waals surface area contributed by atoms with Gasteiger partial charge in [-0.15, -0.1) is 0 Å². The summed E-state index contributed by atoms with van der Waals surface area (Å²) in [5, 5.41) is 5.84. The number of anilines is 1. The maximum absolute atomic E-state index is 12.4. The first-order valence-corrected chi connectivity index (χ1v) is 9.04. The highest BCUT2D eigenvalue weighted by Gasteiger charge is 2.15. The lowest BCUT2D eigenvalue weighted by atomic mass is 10.1. The van der Waals surface area contributed by atoms with Crippen molar-refractivity contribution in [2.24, 2.45) is 0 Å². The molecule has 26 heavy (non-hydrogen) atoms. The van der Waals surface area contributed by atoms with Crippen LogP contribution >= 0.6 is 11.3 Å². The van der Waals surface area contributed by atoms with Crippen molar-refractivity contribution in [3.05, 3.63) is 60.2 Å². The molecule has 1 aliphatic rings. The van der Waals surface area contributed by atoms with Crippen molar-refractivity contribution >= 4 is 43.4 Å². The molecule has 0 aliphatic carbocycles. The zero-order valence-electron chi connectivity index (χ0n) is 13.7. The molecule has 2 heterocycles. The van der Waals surface area contributed by atoms with Gasteiger partial charge in [-0.3, -0.25) is 4.79 Å². The summed E-state index contributed by atoms with van der Waals surface area (Å²) in [5.41, 5.74) is 1.77. The van der Waals surface area contributed by atoms with E-state index >= 15 is 0 Å². The Bertz CT molecular complexity index is 1150. The number of hydrogen-bond donors (Lipinski definition) is 1. The molecular weight excluding hydrogens is 348 g/mol. The van der Waals surface area contributed by atoms with Crippen LogP contribution in [0.3, 0.4) is 0 Å². The average molecular weight is 362 g/mol. The highest BCUT2D eigenvalue weighted by Crippen LogP contribution is 2.34. The van der Waals surface area contributed by atoms with Crippen LogP contribution in [-0.2, 0) is 11.2 Å². The minimum atomic E-state index is -0.104. The number of thiazole rings is 1. The van der Waals surface area contributed by atoms with Crippen LogP contribution in [0.2, 0.25) is 0 Å². The Morgan fingerprint density at radius 2 is 1.96 bits per heavy atom. The highest BCUT2D eigenvalue weighted by molar-refractivity contribution is 7.23. The topological polar surface area (TPSA) is 60.5 Å². The molecule has 1 aliphatic heterocycles. The van der Waals surface area contributed by atoms with Gasteiger partial charge in [0.05, 0.1) is 16.6 Å². The molecule has 0 fully saturated rings. The number of nitrogens with one attached hydrogen (secondary N) is 1. The summed E-state index contributed by atoms with van der Waals surface area (Å²) >= 11 is 1.50. The van der Waals surface area contributed by atoms with E-state index < -0.39 is 0 Å². The van der Waals surface area contributed by atoms with Gasteiger partial charge >= 0.3 is 0 Å². The Labute approximate surface area is 153 Å². The van der Waals surface area contributed by atoms with E-state index in [9.17, 15) is 4.79 Å². The molecule has 5 nitrogen and oxygen atoms in total. The zero-order valence-corrected chi connectivity index (χ0v) is 14.5. The van der Waals surface area contributed by atoms with Crippen molar-refractivity contribution < 1.29 is 14.3 Å². The number of fused-ring (bicyclic) bond motifs is 4. The largest absolute Gasteiger partial charge is 0.454 e. The number of hydrogen-bond acceptors (Lipinski definition) is 5. The normalized spacial score (nSPS) is 12.6. The molecule has 0 saturated carbocycles. The fraction of sp³-hybridized carbons (Fsp3) is 0.100. The molecule has 3 aromatic carbocycles. The second-order valence-corrected chi connectivity index (χ2v) is 7.07. The van der Waals surface area contributed by atoms with Crippen molar-refractivity contribution in [2.75, 3.05) is 12.1 Å². The van der Waals surface area contributed by atoms with E-state index in [1.807, 2.05) is 36.4 Å². The summed E-state index contributed by atoms with van der Waals surface area (Å²) in [6.45, 7) is 0.227. The van der Waals surface area contributed by atoms with Crippen LogP contribution in [0.1, 0.15) is 5.56 Å². The second kappa shape index (κ2) is 6.00. The van der Waals surface area contributed by atoms with Crippen LogP contribution in [0.5, 0.6) is 11.5 Å². The van der Waals surface area contributed by atoms with Crippen molar-refractivity contribution in [2.45, 2.75) is 6.42 Å². The first-order valence-electron chi connectivity index (χ1n) is 8.23. The molecule has 0 unspecified atom stereocenters. The van der Waals surface area contributed by atoms with Crippen molar-refractivity contribution in [1.82, 2.24) is 4.98 Å². The summed E-state index contributed by atoms with van der Waals surface area (Å²) in [7, 11) is 0. The Morgan fingerprint density at radius 3 is 2.92 bits per heavy atom. The summed E-state index contributed by atoms with van der Waals surface area (Å²) in [6.07, 6.45) is 0.257. The molecule has 0 radical (unpaired) electrons. The lowest BCUT2D eigenvalue weighted by Gasteiger charge is -2.03. The molecule has 0 spiro atoms. The predicted molar refractivity (Wildman–Crippen MR) is 102 cm³/mol. The molecule has 4 aromatic rings. The van der Waals surface area contributed by atoms with Crippen LogP contribution in [0.25, 0.3) is 21.0 Å². The lowest BCUT2D eigenvalue weighted by molar-refractivity contribution is -0.115. The Morgan fingerprint density at radius 1 is 1.08 bits per heavy atom. The molecule has 1 aromatic heterocycles. The van der Waals surface area contributed by atoms with Crippen molar-refractivity contribution in [3.8, 4) is 11.5 Å². The van der Waals surface area contributed by atoms with Gasteiger partial charge in [0, 0.05) is 5.39 Å². The second-order valence-electron chi connectivity index (χ2n) is 6.07. The van der Waals surface area contributed by atoms with Gasteiger partial charge in [0.25, 0.3) is 0 Å². The van der Waals surface area contributed by atoms with Crippen molar-refractivity contribution in [3.63, 3.8) is 0 Å². The molecule has 128 valence electrons. The minimum Gasteiger partial charge on any atom is -0.454 e. The highest BCUT2D eigenvalue weighted by atomic mass is 32.1. The Balaban J connectivity index is 1.38. The molecule has 1 N–H and O–H groups in total. The van der Waals surface area contributed by atoms with E-state index in [-0.39, 0.29) is 19.1 Å². The van der Waals surface area contributed by atoms with Gasteiger partial charge in [-0.1, -0.05) is 47.7 Å². The summed E-state index contributed by atoms with van der Waals surface area (Å²) in [5.74, 6) is 1.29. The number of ether oxygens (including phenoxy) is 2. The van der Waals surface area contributed by atoms with Gasteiger partial charge in [0.1, 0.15) is 0 Å². The molecular formula is C20H14N2O3S. The van der Waals surface area contributed by atoms with Gasteiger partial charge in [-0.25, -0.2) is 4.98 Å². The predicted octanol–water partition coefficient (Wildman–Crippen LogP) is 4.36. The molecule has 6 heteroatoms. The molecule has 0 saturated heterocycles. The number of carbonyl (C=O) groups excluding carboxylic acids is 1. The van der Waals surface area contributed by atoms with Crippen LogP contribution in [0, 0.1) is 0 Å². The third-order valence-electron chi connectivity index (χ3n) is 4.33. The quantitative estimate of drug-likeness (QED) is 0.588. The lowest BCUT2D eigenvalue weighted by Crippen LogP contribution is -2.14. The minimum absolute atomic E-state index is 0.104. The first kappa shape index (κ1) is 15.2. The van der Waals surface area contributed by atoms with E-state index in [1.165, 1.54) is 16.7 Å². The van der Waals surface area contributed by atoms with Crippen molar-refractivity contribution in [1.29, 1.82) is 0 Å². The summed E-state index contributed by atoms with van der Waals surface area (Å²) in [4.78, 5) is 17.0. The summed E-state index contributed by atoms with van der Waals surface area (Å²) < 4.78 is 11.7. The van der Waals surface area contributed by atoms with Gasteiger partial charge in [-0.2, -0.15) is 0 Å². The van der Waals surface area contributed by atoms with Crippen LogP contribution < -0.4 is 14.8 Å². The smallest absolute Gasteiger partial charge is 0.231 e. The van der Waals surface area contributed by atoms with E-state index in [0.717, 1.165) is 21.2 Å². The number of rotatable bonds is 3. The fourth-order valence-electron chi connectivity index (χ4n) is 3.11. The Hall–Kier alpha value is -3.12. The van der Waals surface area contributed by atoms with E-state index in [1.54, 1.807) is 0 Å². The molecule has 1 amide bonds. The van der Waals surface area contributed by atoms with Gasteiger partial charge in [0.2, 0.25) is 12.7 Å². The van der Waals surface area contributed by atoms with E-state index in [0.29, 0.717) is 16.6 Å². The molecule has 0 bridgehead atoms. The maximum atomic E-state index is 12.4. The Kier molecular flexibility index (Phi) is 3.50. The average Bonchev–Trinajstić information content (AvgIpc) is 3.27. The number of aromatic nitrogens is 1. The van der Waals surface area contributed by atoms with Crippen LogP contribution in [0.15, 0.2) is 54.6 Å². The standard InChI is InChI=1S/C20H14N2O3S/c23-18(10-12-5-8-16-17(9-12)25-11-24-16)22-20-21-15-7-6-13-3-1-2-4-14(13)19(15)26-20/h1-9H,10-11H2,(H,21,22,23). The van der Waals surface area contributed by atoms with Crippen LogP contribution in [0.4, 0.5) is 5.13 Å². The van der Waals surface area contributed by atoms with E-state index in [4.69, 9.17) is 9.47 Å². The summed E-state index contributed by atoms with van der Waals surface area (Å²) in [6, 6.07) is 17.8.